The Morgan fingerprint density at radius 1 is 0.983 bits per heavy atom. The van der Waals surface area contributed by atoms with Gasteiger partial charge in [-0.3, -0.25) is 14.6 Å². The summed E-state index contributed by atoms with van der Waals surface area (Å²) in [5, 5.41) is 21.3. The first-order chi connectivity index (χ1) is 27.8. The number of amides is 2. The zero-order chi connectivity index (χ0) is 41.5. The Balaban J connectivity index is 0.000000839. The minimum atomic E-state index is -5.08. The zero-order valence-electron chi connectivity index (χ0n) is 32.9. The molecule has 2 aromatic carbocycles. The van der Waals surface area contributed by atoms with Crippen molar-refractivity contribution in [3.05, 3.63) is 120 Å². The van der Waals surface area contributed by atoms with Crippen LogP contribution in [0.3, 0.4) is 0 Å². The van der Waals surface area contributed by atoms with Crippen LogP contribution in [-0.4, -0.2) is 87.5 Å². The smallest absolute Gasteiger partial charge is 0.475 e. The molecule has 0 radical (unpaired) electrons. The second-order valence-electron chi connectivity index (χ2n) is 14.9. The minimum absolute atomic E-state index is 0.0985. The molecule has 310 valence electrons. The fraction of sp³-hybridized carbons (Fsp3) is 0.422. The topological polar surface area (TPSA) is 132 Å². The van der Waals surface area contributed by atoms with Crippen molar-refractivity contribution in [2.24, 2.45) is 11.8 Å². The Bertz CT molecular complexity index is 1920. The lowest BCUT2D eigenvalue weighted by molar-refractivity contribution is -0.192. The SMILES string of the molecule is CCOC1(O)C=CC(N(Cc2cccc(-c3cccc(C(=O)N4CCC(CCCC5CCNCC5)CC4)c3)c2)C(=O)C=Cc2cccnc2)=CC1.O=C(O)C(F)(F)F. The van der Waals surface area contributed by atoms with E-state index in [-0.39, 0.29) is 18.2 Å². The van der Waals surface area contributed by atoms with Crippen LogP contribution < -0.4 is 5.32 Å². The molecule has 2 fully saturated rings. The summed E-state index contributed by atoms with van der Waals surface area (Å²) in [6.07, 6.45) is 15.8. The van der Waals surface area contributed by atoms with Gasteiger partial charge in [0.15, 0.2) is 5.79 Å². The van der Waals surface area contributed by atoms with Crippen molar-refractivity contribution in [1.29, 1.82) is 0 Å². The first kappa shape index (κ1) is 44.0. The van der Waals surface area contributed by atoms with Crippen LogP contribution in [0.25, 0.3) is 17.2 Å². The van der Waals surface area contributed by atoms with Crippen LogP contribution in [0.5, 0.6) is 0 Å². The van der Waals surface area contributed by atoms with E-state index in [1.807, 2.05) is 72.5 Å². The average Bonchev–Trinajstić information content (AvgIpc) is 3.23. The van der Waals surface area contributed by atoms with Gasteiger partial charge in [-0.2, -0.15) is 13.2 Å². The lowest BCUT2D eigenvalue weighted by Gasteiger charge is -2.32. The van der Waals surface area contributed by atoms with Crippen LogP contribution >= 0.6 is 0 Å². The van der Waals surface area contributed by atoms with Gasteiger partial charge < -0.3 is 30.1 Å². The standard InChI is InChI=1S/C43H52N4O4.C2HF3O2/c1-2-51-43(50)22-16-40(17-23-43)47(41(48)15-14-35-10-6-24-45-31-35)32-36-9-4-11-37(29-36)38-12-5-13-39(30-38)42(49)46-27-20-34(21-28-46)8-3-7-33-18-25-44-26-19-33;3-2(4,5)1(6)7/h4-6,9-17,22,24,29-31,33-34,44,50H,2-3,7-8,18-21,23,25-28,32H2,1H3;(H,6,7). The summed E-state index contributed by atoms with van der Waals surface area (Å²) in [5.41, 5.74) is 5.10. The number of hydrogen-bond donors (Lipinski definition) is 3. The second kappa shape index (κ2) is 21.1. The number of rotatable bonds is 13. The Kier molecular flexibility index (Phi) is 16.0. The molecule has 1 aromatic heterocycles. The number of carboxylic acids is 1. The molecule has 3 N–H and O–H groups in total. The molecule has 2 aliphatic heterocycles. The predicted molar refractivity (Wildman–Crippen MR) is 216 cm³/mol. The van der Waals surface area contributed by atoms with Crippen molar-refractivity contribution < 1.29 is 42.5 Å². The van der Waals surface area contributed by atoms with E-state index >= 15 is 0 Å². The Morgan fingerprint density at radius 3 is 2.28 bits per heavy atom. The van der Waals surface area contributed by atoms with Gasteiger partial charge in [0, 0.05) is 55.8 Å². The molecule has 2 amide bonds. The van der Waals surface area contributed by atoms with Gasteiger partial charge in [-0.1, -0.05) is 61.7 Å². The molecule has 0 spiro atoms. The lowest BCUT2D eigenvalue weighted by atomic mass is 9.87. The van der Waals surface area contributed by atoms with Crippen molar-refractivity contribution in [3.63, 3.8) is 0 Å². The third-order valence-corrected chi connectivity index (χ3v) is 10.7. The largest absolute Gasteiger partial charge is 0.490 e. The third kappa shape index (κ3) is 13.2. The molecule has 13 heteroatoms. The van der Waals surface area contributed by atoms with Gasteiger partial charge in [0.1, 0.15) is 0 Å². The molecule has 0 bridgehead atoms. The van der Waals surface area contributed by atoms with Gasteiger partial charge in [0.2, 0.25) is 0 Å². The summed E-state index contributed by atoms with van der Waals surface area (Å²) in [6.45, 7) is 6.51. The van der Waals surface area contributed by atoms with Gasteiger partial charge in [-0.25, -0.2) is 4.79 Å². The fourth-order valence-electron chi connectivity index (χ4n) is 7.52. The molecule has 10 nitrogen and oxygen atoms in total. The quantitative estimate of drug-likeness (QED) is 0.117. The average molecular weight is 803 g/mol. The minimum Gasteiger partial charge on any atom is -0.475 e. The van der Waals surface area contributed by atoms with E-state index in [0.717, 1.165) is 60.0 Å². The summed E-state index contributed by atoms with van der Waals surface area (Å²) < 4.78 is 37.3. The number of pyridine rings is 1. The highest BCUT2D eigenvalue weighted by atomic mass is 19.4. The molecular weight excluding hydrogens is 750 g/mol. The number of hydrogen-bond acceptors (Lipinski definition) is 7. The summed E-state index contributed by atoms with van der Waals surface area (Å²) in [6, 6.07) is 19.7. The highest BCUT2D eigenvalue weighted by Crippen LogP contribution is 2.30. The number of nitrogens with zero attached hydrogens (tertiary/aromatic N) is 3. The molecule has 3 heterocycles. The molecule has 0 saturated carbocycles. The van der Waals surface area contributed by atoms with E-state index in [9.17, 15) is 27.9 Å². The molecular formula is C45H53F3N4O6. The van der Waals surface area contributed by atoms with Crippen LogP contribution in [0.4, 0.5) is 13.2 Å². The van der Waals surface area contributed by atoms with Gasteiger partial charge in [0.25, 0.3) is 11.8 Å². The molecule has 3 aromatic rings. The molecule has 3 aliphatic rings. The summed E-state index contributed by atoms with van der Waals surface area (Å²) in [7, 11) is 0. The number of carboxylic acid groups (broad SMARTS) is 1. The molecule has 58 heavy (non-hydrogen) atoms. The number of likely N-dealkylation sites (tertiary alicyclic amines) is 1. The van der Waals surface area contributed by atoms with Crippen molar-refractivity contribution in [1.82, 2.24) is 20.1 Å². The van der Waals surface area contributed by atoms with Gasteiger partial charge in [-0.15, -0.1) is 0 Å². The Labute approximate surface area is 338 Å². The monoisotopic (exact) mass is 802 g/mol. The van der Waals surface area contributed by atoms with E-state index in [2.05, 4.69) is 16.4 Å². The third-order valence-electron chi connectivity index (χ3n) is 10.7. The van der Waals surface area contributed by atoms with E-state index in [0.29, 0.717) is 24.4 Å². The summed E-state index contributed by atoms with van der Waals surface area (Å²) in [4.78, 5) is 44.1. The summed E-state index contributed by atoms with van der Waals surface area (Å²) in [5.74, 6) is -2.63. The Hall–Kier alpha value is -5.11. The van der Waals surface area contributed by atoms with Crippen molar-refractivity contribution >= 4 is 23.9 Å². The second-order valence-corrected chi connectivity index (χ2v) is 14.9. The number of piperidine rings is 2. The molecule has 1 aliphatic carbocycles. The van der Waals surface area contributed by atoms with Crippen LogP contribution in [0.1, 0.15) is 79.8 Å². The normalized spacial score (nSPS) is 19.0. The maximum Gasteiger partial charge on any atom is 0.490 e. The number of carbonyl (C=O) groups is 3. The van der Waals surface area contributed by atoms with Crippen molar-refractivity contribution in [2.75, 3.05) is 32.8 Å². The van der Waals surface area contributed by atoms with Gasteiger partial charge in [-0.05, 0) is 122 Å². The van der Waals surface area contributed by atoms with Crippen molar-refractivity contribution in [2.45, 2.75) is 76.8 Å². The number of ether oxygens (including phenoxy) is 1. The van der Waals surface area contributed by atoms with Crippen LogP contribution in [0.15, 0.2) is 103 Å². The number of halogens is 3. The van der Waals surface area contributed by atoms with Crippen LogP contribution in [0.2, 0.25) is 0 Å². The highest BCUT2D eigenvalue weighted by Gasteiger charge is 2.38. The maximum atomic E-state index is 13.7. The number of aliphatic hydroxyl groups is 1. The summed E-state index contributed by atoms with van der Waals surface area (Å²) >= 11 is 0. The number of allylic oxidation sites excluding steroid dienone is 1. The first-order valence-electron chi connectivity index (χ1n) is 20.0. The predicted octanol–water partition coefficient (Wildman–Crippen LogP) is 8.01. The Morgan fingerprint density at radius 2 is 1.66 bits per heavy atom. The van der Waals surface area contributed by atoms with E-state index in [4.69, 9.17) is 14.6 Å². The fourth-order valence-corrected chi connectivity index (χ4v) is 7.52. The lowest BCUT2D eigenvalue weighted by Crippen LogP contribution is -2.38. The van der Waals surface area contributed by atoms with Gasteiger partial charge >= 0.3 is 12.1 Å². The first-order valence-corrected chi connectivity index (χ1v) is 20.0. The van der Waals surface area contributed by atoms with Crippen molar-refractivity contribution in [3.8, 4) is 11.1 Å². The highest BCUT2D eigenvalue weighted by molar-refractivity contribution is 5.95. The van der Waals surface area contributed by atoms with Gasteiger partial charge in [0.05, 0.1) is 6.54 Å². The van der Waals surface area contributed by atoms with Crippen LogP contribution in [-0.2, 0) is 20.9 Å². The number of nitrogens with one attached hydrogen (secondary N) is 1. The zero-order valence-corrected chi connectivity index (χ0v) is 32.9. The number of benzene rings is 2. The maximum absolute atomic E-state index is 13.7. The number of carbonyl (C=O) groups excluding carboxylic acids is 2. The molecule has 1 unspecified atom stereocenters. The number of aromatic nitrogens is 1. The van der Waals surface area contributed by atoms with E-state index in [1.165, 1.54) is 45.2 Å². The number of aliphatic carboxylic acids is 1. The van der Waals surface area contributed by atoms with Crippen LogP contribution in [0, 0.1) is 11.8 Å². The van der Waals surface area contributed by atoms with E-state index < -0.39 is 17.9 Å². The molecule has 1 atom stereocenters. The molecule has 2 saturated heterocycles. The van der Waals surface area contributed by atoms with E-state index in [1.54, 1.807) is 41.6 Å². The molecule has 6 rings (SSSR count). The number of alkyl halides is 3.